The lowest BCUT2D eigenvalue weighted by Gasteiger charge is -2.39. The average molecular weight is 426 g/mol. The Kier molecular flexibility index (Phi) is 4.34. The van der Waals surface area contributed by atoms with Gasteiger partial charge < -0.3 is 15.6 Å². The number of hydrogen-bond acceptors (Lipinski definition) is 9. The third-order valence-corrected chi connectivity index (χ3v) is 6.28. The van der Waals surface area contributed by atoms with Crippen LogP contribution in [0, 0.1) is 0 Å². The van der Waals surface area contributed by atoms with Gasteiger partial charge in [-0.2, -0.15) is 4.98 Å². The standard InChI is InChI=1S/C23H22N8O/c24-22-27-11-15(12-28-22)18-6-3-16(13-25-18)23(8-1-9-23)21-30-20(32-31-21)14-2-7-19(26-10-14)29-17-4-5-17/h2-3,6-7,10-13,17H,1,4-5,8-9H2,(H,26,29)(H2,24,27,28). The Morgan fingerprint density at radius 2 is 1.72 bits per heavy atom. The zero-order chi connectivity index (χ0) is 21.5. The molecule has 2 aliphatic carbocycles. The fourth-order valence-corrected chi connectivity index (χ4v) is 4.07. The van der Waals surface area contributed by atoms with Crippen molar-refractivity contribution in [1.82, 2.24) is 30.1 Å². The third kappa shape index (κ3) is 3.35. The van der Waals surface area contributed by atoms with Crippen molar-refractivity contribution in [3.05, 3.63) is 60.4 Å². The van der Waals surface area contributed by atoms with Crippen molar-refractivity contribution in [2.45, 2.75) is 43.6 Å². The smallest absolute Gasteiger partial charge is 0.259 e. The van der Waals surface area contributed by atoms with Crippen LogP contribution in [0.5, 0.6) is 0 Å². The first-order valence-electron chi connectivity index (χ1n) is 10.8. The average Bonchev–Trinajstić information content (AvgIpc) is 3.48. The van der Waals surface area contributed by atoms with Gasteiger partial charge >= 0.3 is 0 Å². The van der Waals surface area contributed by atoms with E-state index in [0.29, 0.717) is 17.8 Å². The van der Waals surface area contributed by atoms with Crippen LogP contribution in [0.4, 0.5) is 11.8 Å². The van der Waals surface area contributed by atoms with Gasteiger partial charge in [-0.1, -0.05) is 17.6 Å². The van der Waals surface area contributed by atoms with Gasteiger partial charge in [0.2, 0.25) is 5.95 Å². The molecule has 0 spiro atoms. The minimum atomic E-state index is -0.272. The van der Waals surface area contributed by atoms with Gasteiger partial charge in [0, 0.05) is 36.4 Å². The molecule has 0 bridgehead atoms. The Balaban J connectivity index is 1.25. The Hall–Kier alpha value is -3.88. The van der Waals surface area contributed by atoms with Crippen molar-refractivity contribution >= 4 is 11.8 Å². The topological polar surface area (TPSA) is 129 Å². The van der Waals surface area contributed by atoms with Gasteiger partial charge in [-0.3, -0.25) is 4.98 Å². The molecule has 0 aromatic carbocycles. The molecule has 9 heteroatoms. The van der Waals surface area contributed by atoms with Gasteiger partial charge in [-0.15, -0.1) is 0 Å². The van der Waals surface area contributed by atoms with Crippen molar-refractivity contribution < 1.29 is 4.52 Å². The minimum Gasteiger partial charge on any atom is -0.368 e. The molecule has 0 radical (unpaired) electrons. The van der Waals surface area contributed by atoms with Crippen molar-refractivity contribution in [2.24, 2.45) is 0 Å². The lowest BCUT2D eigenvalue weighted by Crippen LogP contribution is -2.36. The summed E-state index contributed by atoms with van der Waals surface area (Å²) in [6.45, 7) is 0. The summed E-state index contributed by atoms with van der Waals surface area (Å²) in [5.74, 6) is 2.31. The van der Waals surface area contributed by atoms with E-state index in [1.165, 1.54) is 12.8 Å². The Morgan fingerprint density at radius 1 is 0.906 bits per heavy atom. The molecule has 0 unspecified atom stereocenters. The van der Waals surface area contributed by atoms with Gasteiger partial charge in [0.15, 0.2) is 5.82 Å². The van der Waals surface area contributed by atoms with Crippen LogP contribution >= 0.6 is 0 Å². The first-order valence-corrected chi connectivity index (χ1v) is 10.8. The highest BCUT2D eigenvalue weighted by Gasteiger charge is 2.45. The van der Waals surface area contributed by atoms with E-state index in [2.05, 4.69) is 36.5 Å². The quantitative estimate of drug-likeness (QED) is 0.475. The normalized spacial score (nSPS) is 17.0. The Labute approximate surface area is 184 Å². The van der Waals surface area contributed by atoms with E-state index in [9.17, 15) is 0 Å². The number of nitrogen functional groups attached to an aromatic ring is 1. The molecule has 3 N–H and O–H groups in total. The van der Waals surface area contributed by atoms with Crippen LogP contribution in [0.1, 0.15) is 43.5 Å². The van der Waals surface area contributed by atoms with Crippen molar-refractivity contribution in [3.8, 4) is 22.7 Å². The molecular formula is C23H22N8O. The molecule has 160 valence electrons. The van der Waals surface area contributed by atoms with E-state index in [-0.39, 0.29) is 11.4 Å². The van der Waals surface area contributed by atoms with Crippen molar-refractivity contribution in [2.75, 3.05) is 11.1 Å². The zero-order valence-electron chi connectivity index (χ0n) is 17.4. The molecule has 4 aromatic heterocycles. The molecule has 9 nitrogen and oxygen atoms in total. The van der Waals surface area contributed by atoms with Gasteiger partial charge in [0.1, 0.15) is 5.82 Å². The molecule has 2 saturated carbocycles. The fraction of sp³-hybridized carbons (Fsp3) is 0.304. The molecule has 32 heavy (non-hydrogen) atoms. The minimum absolute atomic E-state index is 0.246. The molecule has 6 rings (SSSR count). The first-order chi connectivity index (χ1) is 15.7. The van der Waals surface area contributed by atoms with Gasteiger partial charge in [-0.25, -0.2) is 15.0 Å². The van der Waals surface area contributed by atoms with E-state index < -0.39 is 0 Å². The Morgan fingerprint density at radius 3 is 2.34 bits per heavy atom. The number of hydrogen-bond donors (Lipinski definition) is 2. The summed E-state index contributed by atoms with van der Waals surface area (Å²) in [6.07, 6.45) is 12.5. The second kappa shape index (κ2) is 7.37. The summed E-state index contributed by atoms with van der Waals surface area (Å²) in [5, 5.41) is 7.73. The number of pyridine rings is 2. The predicted molar refractivity (Wildman–Crippen MR) is 118 cm³/mol. The van der Waals surface area contributed by atoms with E-state index in [1.54, 1.807) is 18.6 Å². The van der Waals surface area contributed by atoms with Gasteiger partial charge in [-0.05, 0) is 49.4 Å². The lowest BCUT2D eigenvalue weighted by molar-refractivity contribution is 0.272. The number of aromatic nitrogens is 6. The number of rotatable bonds is 6. The summed E-state index contributed by atoms with van der Waals surface area (Å²) in [7, 11) is 0. The Bertz CT molecular complexity index is 1230. The van der Waals surface area contributed by atoms with Crippen LogP contribution in [0.2, 0.25) is 0 Å². The van der Waals surface area contributed by atoms with Crippen molar-refractivity contribution in [1.29, 1.82) is 0 Å². The maximum atomic E-state index is 5.62. The van der Waals surface area contributed by atoms with Crippen LogP contribution in [0.25, 0.3) is 22.7 Å². The maximum Gasteiger partial charge on any atom is 0.259 e. The number of nitrogens with one attached hydrogen (secondary N) is 1. The molecule has 2 fully saturated rings. The van der Waals surface area contributed by atoms with Crippen molar-refractivity contribution in [3.63, 3.8) is 0 Å². The van der Waals surface area contributed by atoms with Crippen LogP contribution in [0.3, 0.4) is 0 Å². The predicted octanol–water partition coefficient (Wildman–Crippen LogP) is 3.61. The van der Waals surface area contributed by atoms with Crippen LogP contribution in [0.15, 0.2) is 53.6 Å². The summed E-state index contributed by atoms with van der Waals surface area (Å²) in [5.41, 5.74) is 8.82. The maximum absolute atomic E-state index is 5.62. The number of anilines is 2. The zero-order valence-corrected chi connectivity index (χ0v) is 17.4. The largest absolute Gasteiger partial charge is 0.368 e. The molecule has 0 amide bonds. The second-order valence-electron chi connectivity index (χ2n) is 8.47. The summed E-state index contributed by atoms with van der Waals surface area (Å²) < 4.78 is 5.62. The highest BCUT2D eigenvalue weighted by molar-refractivity contribution is 5.58. The van der Waals surface area contributed by atoms with Crippen LogP contribution in [-0.2, 0) is 5.41 Å². The molecule has 4 heterocycles. The molecular weight excluding hydrogens is 404 g/mol. The second-order valence-corrected chi connectivity index (χ2v) is 8.47. The molecule has 2 aliphatic rings. The van der Waals surface area contributed by atoms with Crippen LogP contribution < -0.4 is 11.1 Å². The van der Waals surface area contributed by atoms with E-state index >= 15 is 0 Å². The lowest BCUT2D eigenvalue weighted by atomic mass is 9.64. The van der Waals surface area contributed by atoms with E-state index in [4.69, 9.17) is 15.2 Å². The third-order valence-electron chi connectivity index (χ3n) is 6.28. The van der Waals surface area contributed by atoms with Crippen LogP contribution in [-0.4, -0.2) is 36.1 Å². The van der Waals surface area contributed by atoms with Gasteiger partial charge in [0.25, 0.3) is 5.89 Å². The summed E-state index contributed by atoms with van der Waals surface area (Å²) in [4.78, 5) is 21.9. The monoisotopic (exact) mass is 426 g/mol. The molecule has 4 aromatic rings. The first kappa shape index (κ1) is 18.9. The highest BCUT2D eigenvalue weighted by Crippen LogP contribution is 2.48. The summed E-state index contributed by atoms with van der Waals surface area (Å²) in [6, 6.07) is 8.54. The number of nitrogens with two attached hydrogens (primary N) is 1. The highest BCUT2D eigenvalue weighted by atomic mass is 16.5. The molecule has 0 saturated heterocycles. The van der Waals surface area contributed by atoms with E-state index in [1.807, 2.05) is 24.4 Å². The number of nitrogens with zero attached hydrogens (tertiary/aromatic N) is 6. The molecule has 0 atom stereocenters. The summed E-state index contributed by atoms with van der Waals surface area (Å²) >= 11 is 0. The SMILES string of the molecule is Nc1ncc(-c2ccc(C3(c4noc(-c5ccc(NC6CC6)nc5)n4)CCC3)cn2)cn1. The van der Waals surface area contributed by atoms with E-state index in [0.717, 1.165) is 47.5 Å². The molecule has 0 aliphatic heterocycles. The van der Waals surface area contributed by atoms with Gasteiger partial charge in [0.05, 0.1) is 16.7 Å². The fourth-order valence-electron chi connectivity index (χ4n) is 4.07.